The Kier molecular flexibility index (Phi) is 4.25. The molecule has 2 N–H and O–H groups in total. The molecule has 8 nitrogen and oxygen atoms in total. The first-order chi connectivity index (χ1) is 14.5. The van der Waals surface area contributed by atoms with E-state index in [0.717, 1.165) is 22.4 Å². The van der Waals surface area contributed by atoms with Crippen LogP contribution in [-0.2, 0) is 14.8 Å². The highest BCUT2D eigenvalue weighted by molar-refractivity contribution is 7.90. The van der Waals surface area contributed by atoms with E-state index in [4.69, 9.17) is 0 Å². The largest absolute Gasteiger partial charge is 0.338 e. The van der Waals surface area contributed by atoms with Crippen molar-refractivity contribution in [3.05, 3.63) is 72.5 Å². The molecule has 0 radical (unpaired) electrons. The Hall–Kier alpha value is -3.72. The fraction of sp³-hybridized carbons (Fsp3) is 0.0952. The summed E-state index contributed by atoms with van der Waals surface area (Å²) in [5.74, 6) is 0.737. The van der Waals surface area contributed by atoms with Crippen molar-refractivity contribution < 1.29 is 13.2 Å². The molecule has 0 unspecified atom stereocenters. The number of sulfonamides is 1. The van der Waals surface area contributed by atoms with Crippen LogP contribution < -0.4 is 5.32 Å². The van der Waals surface area contributed by atoms with E-state index in [1.807, 2.05) is 48.5 Å². The van der Waals surface area contributed by atoms with E-state index in [0.29, 0.717) is 17.1 Å². The second-order valence-corrected chi connectivity index (χ2v) is 8.74. The van der Waals surface area contributed by atoms with Gasteiger partial charge in [-0.1, -0.05) is 12.1 Å². The molecule has 150 valence electrons. The summed E-state index contributed by atoms with van der Waals surface area (Å²) in [7, 11) is -3.42. The Balaban J connectivity index is 1.31. The maximum atomic E-state index is 12.6. The minimum absolute atomic E-state index is 0.0704. The number of amidine groups is 1. The maximum absolute atomic E-state index is 12.6. The Morgan fingerprint density at radius 3 is 2.67 bits per heavy atom. The van der Waals surface area contributed by atoms with E-state index in [1.54, 1.807) is 17.2 Å². The zero-order valence-electron chi connectivity index (χ0n) is 15.7. The van der Waals surface area contributed by atoms with Crippen LogP contribution >= 0.6 is 0 Å². The second kappa shape index (κ2) is 6.96. The maximum Gasteiger partial charge on any atom is 0.257 e. The highest BCUT2D eigenvalue weighted by Crippen LogP contribution is 2.23. The minimum atomic E-state index is -3.42. The van der Waals surface area contributed by atoms with E-state index in [2.05, 4.69) is 19.7 Å². The quantitative estimate of drug-likeness (QED) is 0.679. The molecule has 5 rings (SSSR count). The average Bonchev–Trinajstić information content (AvgIpc) is 3.17. The van der Waals surface area contributed by atoms with Crippen LogP contribution in [0, 0.1) is 0 Å². The first-order valence-corrected chi connectivity index (χ1v) is 10.9. The van der Waals surface area contributed by atoms with Gasteiger partial charge in [0.05, 0.1) is 22.4 Å². The number of rotatable bonds is 3. The summed E-state index contributed by atoms with van der Waals surface area (Å²) in [6.07, 6.45) is 4.72. The van der Waals surface area contributed by atoms with Crippen molar-refractivity contribution in [3.63, 3.8) is 0 Å². The third kappa shape index (κ3) is 3.50. The number of fused-ring (bicyclic) bond motifs is 2. The number of H-pyrrole nitrogens is 1. The summed E-state index contributed by atoms with van der Waals surface area (Å²) in [4.78, 5) is 22.1. The number of anilines is 1. The number of carbonyl (C=O) groups excluding carboxylic acids is 1. The van der Waals surface area contributed by atoms with Gasteiger partial charge in [-0.25, -0.2) is 13.4 Å². The van der Waals surface area contributed by atoms with Gasteiger partial charge in [-0.3, -0.25) is 4.79 Å². The molecule has 3 aromatic rings. The van der Waals surface area contributed by atoms with Crippen molar-refractivity contribution in [3.8, 4) is 11.4 Å². The Labute approximate surface area is 172 Å². The van der Waals surface area contributed by atoms with Crippen molar-refractivity contribution in [2.24, 2.45) is 4.40 Å². The number of nitrogens with one attached hydrogen (secondary N) is 2. The zero-order valence-corrected chi connectivity index (χ0v) is 16.6. The lowest BCUT2D eigenvalue weighted by molar-refractivity contribution is -0.112. The third-order valence-electron chi connectivity index (χ3n) is 4.89. The second-order valence-electron chi connectivity index (χ2n) is 6.98. The van der Waals surface area contributed by atoms with Crippen molar-refractivity contribution in [2.75, 3.05) is 17.6 Å². The van der Waals surface area contributed by atoms with Crippen LogP contribution in [0.25, 0.3) is 22.4 Å². The van der Waals surface area contributed by atoms with E-state index in [-0.39, 0.29) is 18.2 Å². The molecule has 3 heterocycles. The highest BCUT2D eigenvalue weighted by atomic mass is 32.2. The van der Waals surface area contributed by atoms with Crippen LogP contribution in [0.3, 0.4) is 0 Å². The predicted molar refractivity (Wildman–Crippen MR) is 115 cm³/mol. The van der Waals surface area contributed by atoms with Gasteiger partial charge in [-0.15, -0.1) is 4.40 Å². The van der Waals surface area contributed by atoms with Crippen molar-refractivity contribution in [1.29, 1.82) is 0 Å². The molecule has 0 saturated carbocycles. The number of benzene rings is 2. The molecule has 0 atom stereocenters. The molecule has 0 fully saturated rings. The number of amides is 1. The van der Waals surface area contributed by atoms with Crippen LogP contribution in [0.15, 0.2) is 76.9 Å². The SMILES string of the molecule is O=C(Nc1ccc(-c2nc3ccccc3[nH]2)cc1)C1=CN2CCS(=O)(=O)N=C2C=C1. The van der Waals surface area contributed by atoms with Gasteiger partial charge in [0.1, 0.15) is 11.7 Å². The fourth-order valence-corrected chi connectivity index (χ4v) is 4.31. The smallest absolute Gasteiger partial charge is 0.257 e. The summed E-state index contributed by atoms with van der Waals surface area (Å²) in [5, 5.41) is 2.85. The summed E-state index contributed by atoms with van der Waals surface area (Å²) in [5.41, 5.74) is 3.85. The average molecular weight is 419 g/mol. The first-order valence-electron chi connectivity index (χ1n) is 9.33. The molecule has 1 amide bonds. The number of aromatic amines is 1. The number of aromatic nitrogens is 2. The summed E-state index contributed by atoms with van der Waals surface area (Å²) in [6, 6.07) is 15.2. The molecule has 2 aliphatic heterocycles. The van der Waals surface area contributed by atoms with Crippen LogP contribution in [0.2, 0.25) is 0 Å². The molecular weight excluding hydrogens is 402 g/mol. The van der Waals surface area contributed by atoms with Crippen molar-refractivity contribution in [2.45, 2.75) is 0 Å². The third-order valence-corrected chi connectivity index (χ3v) is 6.06. The lowest BCUT2D eigenvalue weighted by atomic mass is 10.1. The van der Waals surface area contributed by atoms with Crippen molar-refractivity contribution >= 4 is 38.5 Å². The first kappa shape index (κ1) is 18.3. The Morgan fingerprint density at radius 2 is 1.87 bits per heavy atom. The standard InChI is InChI=1S/C21H17N5O3S/c27-21(15-7-10-19-25-30(28,29)12-11-26(19)13-15)22-16-8-5-14(6-9-16)20-23-17-3-1-2-4-18(17)24-20/h1-10,13H,11-12H2,(H,22,27)(H,23,24). The van der Waals surface area contributed by atoms with E-state index < -0.39 is 10.0 Å². The van der Waals surface area contributed by atoms with E-state index in [9.17, 15) is 13.2 Å². The van der Waals surface area contributed by atoms with Gasteiger partial charge < -0.3 is 15.2 Å². The molecule has 0 bridgehead atoms. The summed E-state index contributed by atoms with van der Waals surface area (Å²) >= 11 is 0. The topological polar surface area (TPSA) is 108 Å². The zero-order chi connectivity index (χ0) is 20.7. The van der Waals surface area contributed by atoms with E-state index in [1.165, 1.54) is 6.08 Å². The molecule has 1 aromatic heterocycles. The molecule has 9 heteroatoms. The highest BCUT2D eigenvalue weighted by Gasteiger charge is 2.25. The number of imidazole rings is 1. The van der Waals surface area contributed by atoms with Gasteiger partial charge in [-0.2, -0.15) is 0 Å². The lowest BCUT2D eigenvalue weighted by Crippen LogP contribution is -2.37. The van der Waals surface area contributed by atoms with Gasteiger partial charge in [0.2, 0.25) is 0 Å². The molecule has 2 aliphatic rings. The molecule has 30 heavy (non-hydrogen) atoms. The molecular formula is C21H17N5O3S. The molecule has 0 aliphatic carbocycles. The van der Waals surface area contributed by atoms with Gasteiger partial charge in [0, 0.05) is 24.0 Å². The monoisotopic (exact) mass is 419 g/mol. The number of carbonyl (C=O) groups is 1. The molecule has 2 aromatic carbocycles. The lowest BCUT2D eigenvalue weighted by Gasteiger charge is -2.26. The van der Waals surface area contributed by atoms with Crippen LogP contribution in [-0.4, -0.2) is 47.3 Å². The summed E-state index contributed by atoms with van der Waals surface area (Å²) in [6.45, 7) is 0.272. The normalized spacial score (nSPS) is 17.3. The number of nitrogens with zero attached hydrogens (tertiary/aromatic N) is 3. The van der Waals surface area contributed by atoms with Gasteiger partial charge >= 0.3 is 0 Å². The van der Waals surface area contributed by atoms with Gasteiger partial charge in [-0.05, 0) is 48.6 Å². The van der Waals surface area contributed by atoms with Crippen LogP contribution in [0.1, 0.15) is 0 Å². The van der Waals surface area contributed by atoms with Crippen LogP contribution in [0.4, 0.5) is 5.69 Å². The minimum Gasteiger partial charge on any atom is -0.338 e. The number of hydrogen-bond donors (Lipinski definition) is 2. The van der Waals surface area contributed by atoms with Crippen LogP contribution in [0.5, 0.6) is 0 Å². The molecule has 0 spiro atoms. The van der Waals surface area contributed by atoms with Gasteiger partial charge in [0.15, 0.2) is 0 Å². The number of hydrogen-bond acceptors (Lipinski definition) is 5. The van der Waals surface area contributed by atoms with Crippen molar-refractivity contribution in [1.82, 2.24) is 14.9 Å². The number of para-hydroxylation sites is 2. The van der Waals surface area contributed by atoms with E-state index >= 15 is 0 Å². The van der Waals surface area contributed by atoms with Gasteiger partial charge in [0.25, 0.3) is 15.9 Å². The Morgan fingerprint density at radius 1 is 1.07 bits per heavy atom. The molecule has 0 saturated heterocycles. The Bertz CT molecular complexity index is 1320. The predicted octanol–water partition coefficient (Wildman–Crippen LogP) is 2.67. The summed E-state index contributed by atoms with van der Waals surface area (Å²) < 4.78 is 26.9. The fourth-order valence-electron chi connectivity index (χ4n) is 3.34.